The zero-order valence-electron chi connectivity index (χ0n) is 9.57. The van der Waals surface area contributed by atoms with Crippen molar-refractivity contribution in [2.45, 2.75) is 6.92 Å². The second-order valence-corrected chi connectivity index (χ2v) is 2.67. The summed E-state index contributed by atoms with van der Waals surface area (Å²) in [5, 5.41) is 0. The summed E-state index contributed by atoms with van der Waals surface area (Å²) in [5.41, 5.74) is 0.307. The van der Waals surface area contributed by atoms with Crippen LogP contribution in [-0.4, -0.2) is 19.3 Å². The molecular formula is C10H10O4. The van der Waals surface area contributed by atoms with E-state index < -0.39 is 12.7 Å². The molecule has 1 aliphatic rings. The molecule has 1 heterocycles. The van der Waals surface area contributed by atoms with E-state index >= 15 is 0 Å². The lowest BCUT2D eigenvalue weighted by Gasteiger charge is -2.02. The maximum Gasteiger partial charge on any atom is 0.338 e. The number of benzene rings is 1. The van der Waals surface area contributed by atoms with Crippen LogP contribution in [0.4, 0.5) is 0 Å². The molecule has 0 bridgehead atoms. The van der Waals surface area contributed by atoms with Gasteiger partial charge < -0.3 is 14.2 Å². The highest BCUT2D eigenvalue weighted by Crippen LogP contribution is 2.32. The number of rotatable bonds is 2. The lowest BCUT2D eigenvalue weighted by Crippen LogP contribution is -2.04. The van der Waals surface area contributed by atoms with Crippen LogP contribution < -0.4 is 9.47 Å². The van der Waals surface area contributed by atoms with Crippen LogP contribution in [0, 0.1) is 0 Å². The molecule has 2 rings (SSSR count). The molecule has 0 amide bonds. The normalized spacial score (nSPS) is 18.4. The van der Waals surface area contributed by atoms with Gasteiger partial charge in [0, 0.05) is 0 Å². The number of hydrogen-bond donors (Lipinski definition) is 0. The molecule has 0 atom stereocenters. The van der Waals surface area contributed by atoms with Crippen molar-refractivity contribution in [3.05, 3.63) is 23.8 Å². The monoisotopic (exact) mass is 196 g/mol. The molecule has 0 spiro atoms. The van der Waals surface area contributed by atoms with Crippen molar-refractivity contribution >= 4 is 5.97 Å². The fourth-order valence-electron chi connectivity index (χ4n) is 1.12. The number of ether oxygens (including phenoxy) is 3. The van der Waals surface area contributed by atoms with Gasteiger partial charge in [0.15, 0.2) is 11.5 Å². The Bertz CT molecular complexity index is 431. The topological polar surface area (TPSA) is 44.8 Å². The van der Waals surface area contributed by atoms with Gasteiger partial charge in [-0.25, -0.2) is 4.79 Å². The number of carbonyl (C=O) groups is 1. The summed E-state index contributed by atoms with van der Waals surface area (Å²) >= 11 is 0. The van der Waals surface area contributed by atoms with E-state index in [4.69, 9.17) is 17.0 Å². The first kappa shape index (κ1) is 6.70. The van der Waals surface area contributed by atoms with E-state index in [-0.39, 0.29) is 18.1 Å². The zero-order chi connectivity index (χ0) is 11.8. The highest BCUT2D eigenvalue weighted by atomic mass is 16.7. The Morgan fingerprint density at radius 1 is 1.57 bits per heavy atom. The molecule has 4 nitrogen and oxygen atoms in total. The lowest BCUT2D eigenvalue weighted by molar-refractivity contribution is 0.0526. The fraction of sp³-hybridized carbons (Fsp3) is 0.300. The van der Waals surface area contributed by atoms with Crippen molar-refractivity contribution in [2.24, 2.45) is 0 Å². The quantitative estimate of drug-likeness (QED) is 0.674. The first-order valence-corrected chi connectivity index (χ1v) is 4.21. The van der Waals surface area contributed by atoms with Gasteiger partial charge in [-0.15, -0.1) is 0 Å². The molecular weight excluding hydrogens is 184 g/mol. The highest BCUT2D eigenvalue weighted by molar-refractivity contribution is 5.90. The largest absolute Gasteiger partial charge is 0.462 e. The van der Waals surface area contributed by atoms with Crippen LogP contribution in [0.5, 0.6) is 11.5 Å². The maximum atomic E-state index is 11.4. The summed E-state index contributed by atoms with van der Waals surface area (Å²) in [6.07, 6.45) is 0. The molecule has 1 aromatic carbocycles. The Balaban J connectivity index is 2.26. The van der Waals surface area contributed by atoms with Crippen LogP contribution in [0.1, 0.15) is 20.0 Å². The van der Waals surface area contributed by atoms with Gasteiger partial charge in [0.2, 0.25) is 6.75 Å². The van der Waals surface area contributed by atoms with Crippen molar-refractivity contribution in [2.75, 3.05) is 13.4 Å². The molecule has 1 aromatic rings. The Morgan fingerprint density at radius 2 is 2.36 bits per heavy atom. The summed E-state index contributed by atoms with van der Waals surface area (Å²) < 4.78 is 29.0. The zero-order valence-corrected chi connectivity index (χ0v) is 7.57. The van der Waals surface area contributed by atoms with Gasteiger partial charge in [-0.2, -0.15) is 0 Å². The molecule has 0 radical (unpaired) electrons. The molecule has 0 saturated heterocycles. The molecule has 0 aliphatic carbocycles. The van der Waals surface area contributed by atoms with Crippen LogP contribution >= 0.6 is 0 Å². The van der Waals surface area contributed by atoms with Gasteiger partial charge in [-0.3, -0.25) is 0 Å². The Morgan fingerprint density at radius 3 is 3.14 bits per heavy atom. The average Bonchev–Trinajstić information content (AvgIpc) is 2.50. The fourth-order valence-corrected chi connectivity index (χ4v) is 1.12. The van der Waals surface area contributed by atoms with E-state index in [1.54, 1.807) is 6.92 Å². The predicted octanol–water partition coefficient (Wildman–Crippen LogP) is 1.59. The second-order valence-electron chi connectivity index (χ2n) is 2.67. The van der Waals surface area contributed by atoms with E-state index in [0.717, 1.165) is 0 Å². The van der Waals surface area contributed by atoms with Gasteiger partial charge in [-0.05, 0) is 25.1 Å². The summed E-state index contributed by atoms with van der Waals surface area (Å²) in [4.78, 5) is 11.4. The molecule has 0 saturated carbocycles. The smallest absolute Gasteiger partial charge is 0.338 e. The van der Waals surface area contributed by atoms with Gasteiger partial charge in [-0.1, -0.05) is 0 Å². The number of fused-ring (bicyclic) bond motifs is 1. The minimum atomic E-state index is -2.17. The van der Waals surface area contributed by atoms with Crippen LogP contribution in [-0.2, 0) is 4.74 Å². The number of carbonyl (C=O) groups excluding carboxylic acids is 1. The average molecular weight is 196 g/mol. The maximum absolute atomic E-state index is 11.4. The molecule has 0 unspecified atom stereocenters. The lowest BCUT2D eigenvalue weighted by atomic mass is 10.2. The van der Waals surface area contributed by atoms with Crippen LogP contribution in [0.2, 0.25) is 0 Å². The third-order valence-electron chi connectivity index (χ3n) is 1.76. The summed E-state index contributed by atoms with van der Waals surface area (Å²) in [7, 11) is 0. The van der Waals surface area contributed by atoms with Gasteiger partial charge in [0.05, 0.1) is 12.2 Å². The number of esters is 1. The summed E-state index contributed by atoms with van der Waals surface area (Å²) in [5.74, 6) is 0.00922. The van der Waals surface area contributed by atoms with Crippen molar-refractivity contribution < 1.29 is 21.7 Å². The first-order valence-electron chi connectivity index (χ1n) is 5.21. The minimum Gasteiger partial charge on any atom is -0.462 e. The van der Waals surface area contributed by atoms with Crippen molar-refractivity contribution in [3.8, 4) is 11.5 Å². The number of hydrogen-bond acceptors (Lipinski definition) is 4. The standard InChI is InChI=1S/C10H10O4/c1-2-12-10(11)7-3-4-8-9(5-7)14-6-13-8/h3-5H,2,6H2,1H3/i6D2. The van der Waals surface area contributed by atoms with Crippen LogP contribution in [0.15, 0.2) is 18.2 Å². The molecule has 1 aliphatic heterocycles. The Labute approximate surface area is 84.2 Å². The predicted molar refractivity (Wildman–Crippen MR) is 48.5 cm³/mol. The molecule has 0 aromatic heterocycles. The van der Waals surface area contributed by atoms with E-state index in [9.17, 15) is 4.79 Å². The second kappa shape index (κ2) is 3.57. The van der Waals surface area contributed by atoms with Crippen molar-refractivity contribution in [1.29, 1.82) is 0 Å². The van der Waals surface area contributed by atoms with E-state index in [2.05, 4.69) is 0 Å². The van der Waals surface area contributed by atoms with Gasteiger partial charge in [0.1, 0.15) is 2.74 Å². The van der Waals surface area contributed by atoms with Gasteiger partial charge >= 0.3 is 5.97 Å². The molecule has 4 heteroatoms. The Kier molecular flexibility index (Phi) is 1.71. The van der Waals surface area contributed by atoms with Crippen molar-refractivity contribution in [3.63, 3.8) is 0 Å². The Hall–Kier alpha value is -1.71. The highest BCUT2D eigenvalue weighted by Gasteiger charge is 2.16. The molecule has 0 fully saturated rings. The van der Waals surface area contributed by atoms with Crippen LogP contribution in [0.3, 0.4) is 0 Å². The summed E-state index contributed by atoms with van der Waals surface area (Å²) in [6.45, 7) is -0.173. The summed E-state index contributed by atoms with van der Waals surface area (Å²) in [6, 6.07) is 4.38. The van der Waals surface area contributed by atoms with Crippen LogP contribution in [0.25, 0.3) is 0 Å². The van der Waals surface area contributed by atoms with E-state index in [1.165, 1.54) is 18.2 Å². The first-order chi connectivity index (χ1) is 7.52. The third-order valence-corrected chi connectivity index (χ3v) is 1.76. The molecule has 0 N–H and O–H groups in total. The third kappa shape index (κ3) is 1.51. The van der Waals surface area contributed by atoms with E-state index in [0.29, 0.717) is 5.56 Å². The van der Waals surface area contributed by atoms with E-state index in [1.807, 2.05) is 0 Å². The molecule has 74 valence electrons. The van der Waals surface area contributed by atoms with Gasteiger partial charge in [0.25, 0.3) is 0 Å². The SMILES string of the molecule is [2H]C1([2H])Oc2ccc(C(=O)OCC)cc2O1. The molecule has 14 heavy (non-hydrogen) atoms. The van der Waals surface area contributed by atoms with Crippen molar-refractivity contribution in [1.82, 2.24) is 0 Å². The minimum absolute atomic E-state index is 0.204.